The lowest BCUT2D eigenvalue weighted by Crippen LogP contribution is -2.46. The van der Waals surface area contributed by atoms with E-state index in [1.165, 1.54) is 37.0 Å². The number of nitrogens with one attached hydrogen (secondary N) is 2. The fourth-order valence-electron chi connectivity index (χ4n) is 3.86. The second kappa shape index (κ2) is 12.0. The minimum atomic E-state index is 0.464. The van der Waals surface area contributed by atoms with E-state index >= 15 is 0 Å². The van der Waals surface area contributed by atoms with Gasteiger partial charge in [-0.2, -0.15) is 11.8 Å². The first-order chi connectivity index (χ1) is 15.1. The van der Waals surface area contributed by atoms with Crippen LogP contribution in [0.4, 0.5) is 0 Å². The number of benzene rings is 1. The van der Waals surface area contributed by atoms with Crippen LogP contribution in [0.15, 0.2) is 29.3 Å². The van der Waals surface area contributed by atoms with Crippen molar-refractivity contribution < 1.29 is 4.74 Å². The summed E-state index contributed by atoms with van der Waals surface area (Å²) in [6, 6.07) is 8.70. The zero-order chi connectivity index (χ0) is 22.1. The lowest BCUT2D eigenvalue weighted by atomic mass is 9.95. The Kier molecular flexibility index (Phi) is 9.06. The molecule has 2 N–H and O–H groups in total. The van der Waals surface area contributed by atoms with Gasteiger partial charge in [-0.15, -0.1) is 10.2 Å². The monoisotopic (exact) mass is 444 g/mol. The van der Waals surface area contributed by atoms with Crippen LogP contribution in [0.5, 0.6) is 5.75 Å². The van der Waals surface area contributed by atoms with Crippen LogP contribution < -0.4 is 15.4 Å². The molecule has 0 radical (unpaired) electrons. The Hall–Kier alpha value is -2.22. The van der Waals surface area contributed by atoms with Gasteiger partial charge in [0.1, 0.15) is 18.1 Å². The predicted octanol–water partition coefficient (Wildman–Crippen LogP) is 3.47. The van der Waals surface area contributed by atoms with Gasteiger partial charge in [0, 0.05) is 24.9 Å². The first kappa shape index (κ1) is 23.4. The molecule has 2 aromatic rings. The minimum Gasteiger partial charge on any atom is -0.497 e. The summed E-state index contributed by atoms with van der Waals surface area (Å²) >= 11 is 2.08. The molecule has 1 aromatic heterocycles. The molecule has 0 amide bonds. The summed E-state index contributed by atoms with van der Waals surface area (Å²) in [6.45, 7) is 5.53. The summed E-state index contributed by atoms with van der Waals surface area (Å²) in [6.07, 6.45) is 5.92. The second-order valence-corrected chi connectivity index (χ2v) is 9.57. The van der Waals surface area contributed by atoms with E-state index in [2.05, 4.69) is 51.6 Å². The van der Waals surface area contributed by atoms with Crippen LogP contribution in [0.2, 0.25) is 0 Å². The van der Waals surface area contributed by atoms with Gasteiger partial charge in [0.05, 0.1) is 7.11 Å². The Bertz CT molecular complexity index is 833. The van der Waals surface area contributed by atoms with Crippen molar-refractivity contribution >= 4 is 17.7 Å². The topological polar surface area (TPSA) is 76.4 Å². The van der Waals surface area contributed by atoms with Crippen molar-refractivity contribution in [3.63, 3.8) is 0 Å². The number of hydrogen-bond donors (Lipinski definition) is 2. The summed E-state index contributed by atoms with van der Waals surface area (Å²) in [7, 11) is 3.68. The normalized spacial score (nSPS) is 19.3. The van der Waals surface area contributed by atoms with Gasteiger partial charge in [-0.25, -0.2) is 4.99 Å². The van der Waals surface area contributed by atoms with Crippen LogP contribution in [0.1, 0.15) is 49.8 Å². The van der Waals surface area contributed by atoms with E-state index in [0.717, 1.165) is 41.6 Å². The average molecular weight is 445 g/mol. The van der Waals surface area contributed by atoms with Crippen molar-refractivity contribution in [1.29, 1.82) is 0 Å². The molecule has 1 aromatic carbocycles. The van der Waals surface area contributed by atoms with E-state index in [9.17, 15) is 0 Å². The van der Waals surface area contributed by atoms with E-state index < -0.39 is 0 Å². The Labute approximate surface area is 190 Å². The van der Waals surface area contributed by atoms with Gasteiger partial charge < -0.3 is 19.9 Å². The van der Waals surface area contributed by atoms with E-state index in [1.807, 2.05) is 30.7 Å². The third-order valence-corrected chi connectivity index (χ3v) is 7.03. The molecule has 1 fully saturated rings. The fourth-order valence-corrected chi connectivity index (χ4v) is 5.04. The van der Waals surface area contributed by atoms with E-state index in [1.54, 1.807) is 7.11 Å². The number of rotatable bonds is 9. The van der Waals surface area contributed by atoms with Crippen LogP contribution in [0.25, 0.3) is 0 Å². The van der Waals surface area contributed by atoms with Gasteiger partial charge in [0.25, 0.3) is 0 Å². The molecule has 0 bridgehead atoms. The molecule has 2 unspecified atom stereocenters. The lowest BCUT2D eigenvalue weighted by molar-refractivity contribution is 0.414. The molecule has 31 heavy (non-hydrogen) atoms. The van der Waals surface area contributed by atoms with Gasteiger partial charge in [-0.05, 0) is 56.1 Å². The Balaban J connectivity index is 1.61. The predicted molar refractivity (Wildman–Crippen MR) is 129 cm³/mol. The largest absolute Gasteiger partial charge is 0.497 e. The molecule has 170 valence electrons. The van der Waals surface area contributed by atoms with Crippen molar-refractivity contribution in [2.75, 3.05) is 19.4 Å². The van der Waals surface area contributed by atoms with Gasteiger partial charge in [0.15, 0.2) is 11.8 Å². The molecule has 8 heteroatoms. The Morgan fingerprint density at radius 1 is 1.26 bits per heavy atom. The molecule has 0 spiro atoms. The maximum Gasteiger partial charge on any atom is 0.191 e. The first-order valence-corrected chi connectivity index (χ1v) is 12.3. The van der Waals surface area contributed by atoms with Gasteiger partial charge in [0.2, 0.25) is 0 Å². The number of nitrogens with zero attached hydrogens (tertiary/aromatic N) is 4. The molecule has 0 aliphatic heterocycles. The third kappa shape index (κ3) is 7.16. The zero-order valence-electron chi connectivity index (χ0n) is 19.2. The molecule has 1 saturated carbocycles. The van der Waals surface area contributed by atoms with Gasteiger partial charge in [-0.1, -0.05) is 25.5 Å². The van der Waals surface area contributed by atoms with Crippen LogP contribution in [0, 0.1) is 6.92 Å². The molecular formula is C23H36N6OS. The average Bonchev–Trinajstić information content (AvgIpc) is 3.10. The number of hydrogen-bond acceptors (Lipinski definition) is 5. The number of thioether (sulfide) groups is 1. The van der Waals surface area contributed by atoms with Crippen LogP contribution in [-0.2, 0) is 20.0 Å². The standard InChI is InChI=1S/C23H36N6OS/c1-5-31-21-8-6-7-19(15-21)26-23(25-16-22-28-27-17(2)29(22)3)24-14-13-18-9-11-20(30-4)12-10-18/h9-12,19,21H,5-8,13-16H2,1-4H3,(H2,24,25,26). The Morgan fingerprint density at radius 3 is 2.74 bits per heavy atom. The summed E-state index contributed by atoms with van der Waals surface area (Å²) in [4.78, 5) is 4.84. The number of aromatic nitrogens is 3. The summed E-state index contributed by atoms with van der Waals surface area (Å²) in [5.74, 6) is 4.71. The SMILES string of the molecule is CCSC1CCCC(NC(=NCc2nnc(C)n2C)NCCc2ccc(OC)cc2)C1. The quantitative estimate of drug-likeness (QED) is 0.456. The van der Waals surface area contributed by atoms with Crippen LogP contribution in [-0.4, -0.2) is 51.4 Å². The van der Waals surface area contributed by atoms with E-state index in [0.29, 0.717) is 12.6 Å². The van der Waals surface area contributed by atoms with E-state index in [-0.39, 0.29) is 0 Å². The zero-order valence-corrected chi connectivity index (χ0v) is 20.0. The second-order valence-electron chi connectivity index (χ2n) is 8.00. The van der Waals surface area contributed by atoms with E-state index in [4.69, 9.17) is 9.73 Å². The number of ether oxygens (including phenoxy) is 1. The smallest absolute Gasteiger partial charge is 0.191 e. The summed E-state index contributed by atoms with van der Waals surface area (Å²) in [5.41, 5.74) is 1.27. The highest BCUT2D eigenvalue weighted by molar-refractivity contribution is 7.99. The van der Waals surface area contributed by atoms with Crippen LogP contribution >= 0.6 is 11.8 Å². The van der Waals surface area contributed by atoms with Crippen molar-refractivity contribution in [2.24, 2.45) is 12.0 Å². The Morgan fingerprint density at radius 2 is 2.06 bits per heavy atom. The maximum atomic E-state index is 5.25. The number of guanidine groups is 1. The molecule has 1 heterocycles. The molecule has 2 atom stereocenters. The summed E-state index contributed by atoms with van der Waals surface area (Å²) in [5, 5.41) is 16.4. The third-order valence-electron chi connectivity index (χ3n) is 5.80. The molecule has 1 aliphatic carbocycles. The number of methoxy groups -OCH3 is 1. The first-order valence-electron chi connectivity index (χ1n) is 11.2. The molecule has 7 nitrogen and oxygen atoms in total. The highest BCUT2D eigenvalue weighted by atomic mass is 32.2. The van der Waals surface area contributed by atoms with Crippen molar-refractivity contribution in [3.05, 3.63) is 41.5 Å². The summed E-state index contributed by atoms with van der Waals surface area (Å²) < 4.78 is 7.24. The van der Waals surface area contributed by atoms with Crippen molar-refractivity contribution in [3.8, 4) is 5.75 Å². The van der Waals surface area contributed by atoms with Crippen molar-refractivity contribution in [1.82, 2.24) is 25.4 Å². The van der Waals surface area contributed by atoms with Gasteiger partial charge >= 0.3 is 0 Å². The maximum absolute atomic E-state index is 5.25. The fraction of sp³-hybridized carbons (Fsp3) is 0.609. The number of aliphatic imine (C=N–C) groups is 1. The van der Waals surface area contributed by atoms with Crippen molar-refractivity contribution in [2.45, 2.75) is 63.8 Å². The minimum absolute atomic E-state index is 0.464. The molecule has 1 aliphatic rings. The molecule has 0 saturated heterocycles. The molecule has 3 rings (SSSR count). The van der Waals surface area contributed by atoms with Crippen LogP contribution in [0.3, 0.4) is 0 Å². The highest BCUT2D eigenvalue weighted by Gasteiger charge is 2.22. The lowest BCUT2D eigenvalue weighted by Gasteiger charge is -2.30. The van der Waals surface area contributed by atoms with Gasteiger partial charge in [-0.3, -0.25) is 0 Å². The number of aryl methyl sites for hydroxylation is 1. The highest BCUT2D eigenvalue weighted by Crippen LogP contribution is 2.28. The molecular weight excluding hydrogens is 408 g/mol.